The predicted molar refractivity (Wildman–Crippen MR) is 70.5 cm³/mol. The summed E-state index contributed by atoms with van der Waals surface area (Å²) in [4.78, 5) is 16.3. The minimum absolute atomic E-state index is 0.0121. The van der Waals surface area contributed by atoms with Crippen LogP contribution in [0.4, 0.5) is 0 Å². The maximum Gasteiger partial charge on any atom is 0.246 e. The average molecular weight is 299 g/mol. The molecule has 0 N–H and O–H groups in total. The van der Waals surface area contributed by atoms with Gasteiger partial charge in [0.1, 0.15) is 0 Å². The molecule has 0 fully saturated rings. The lowest BCUT2D eigenvalue weighted by molar-refractivity contribution is 0.0912. The van der Waals surface area contributed by atoms with Crippen molar-refractivity contribution >= 4 is 44.6 Å². The van der Waals surface area contributed by atoms with Crippen LogP contribution < -0.4 is 0 Å². The maximum atomic E-state index is 12.1. The Morgan fingerprint density at radius 3 is 2.81 bits per heavy atom. The summed E-state index contributed by atoms with van der Waals surface area (Å²) in [6, 6.07) is 7.66. The monoisotopic (exact) mass is 298 g/mol. The van der Waals surface area contributed by atoms with Crippen LogP contribution >= 0.6 is 27.7 Å². The molecule has 5 heteroatoms. The fourth-order valence-electron chi connectivity index (χ4n) is 1.53. The van der Waals surface area contributed by atoms with Gasteiger partial charge in [-0.1, -0.05) is 39.8 Å². The quantitative estimate of drug-likeness (QED) is 0.631. The number of imidazole rings is 1. The van der Waals surface area contributed by atoms with E-state index < -0.39 is 0 Å². The third-order valence-electron chi connectivity index (χ3n) is 2.27. The highest BCUT2D eigenvalue weighted by atomic mass is 79.9. The number of benzene rings is 1. The number of para-hydroxylation sites is 2. The second-order valence-electron chi connectivity index (χ2n) is 3.38. The molecule has 1 atom stereocenters. The van der Waals surface area contributed by atoms with E-state index in [0.29, 0.717) is 0 Å². The van der Waals surface area contributed by atoms with Gasteiger partial charge in [0, 0.05) is 0 Å². The SMILES string of the molecule is CSc1nc2ccccc2n1C(=O)C(C)Br. The first-order valence-electron chi connectivity index (χ1n) is 4.85. The first-order chi connectivity index (χ1) is 7.65. The number of nitrogens with zero attached hydrogens (tertiary/aromatic N) is 2. The maximum absolute atomic E-state index is 12.1. The van der Waals surface area contributed by atoms with Crippen molar-refractivity contribution in [3.63, 3.8) is 0 Å². The number of carbonyl (C=O) groups is 1. The number of fused-ring (bicyclic) bond motifs is 1. The topological polar surface area (TPSA) is 34.9 Å². The molecule has 0 aliphatic carbocycles. The van der Waals surface area contributed by atoms with E-state index in [1.54, 1.807) is 4.57 Å². The second-order valence-corrected chi connectivity index (χ2v) is 5.52. The third-order valence-corrected chi connectivity index (χ3v) is 3.30. The van der Waals surface area contributed by atoms with Crippen LogP contribution in [0.15, 0.2) is 29.4 Å². The van der Waals surface area contributed by atoms with Crippen LogP contribution in [0, 0.1) is 0 Å². The van der Waals surface area contributed by atoms with Gasteiger partial charge in [0.15, 0.2) is 5.16 Å². The Morgan fingerprint density at radius 1 is 1.50 bits per heavy atom. The highest BCUT2D eigenvalue weighted by Gasteiger charge is 2.19. The fourth-order valence-corrected chi connectivity index (χ4v) is 2.30. The molecule has 1 aromatic heterocycles. The highest BCUT2D eigenvalue weighted by Crippen LogP contribution is 2.23. The molecule has 0 aliphatic heterocycles. The molecule has 0 spiro atoms. The van der Waals surface area contributed by atoms with Crippen molar-refractivity contribution in [3.8, 4) is 0 Å². The Bertz CT molecular complexity index is 536. The van der Waals surface area contributed by atoms with Crippen molar-refractivity contribution in [3.05, 3.63) is 24.3 Å². The number of aromatic nitrogens is 2. The zero-order valence-corrected chi connectivity index (χ0v) is 11.4. The standard InChI is InChI=1S/C11H11BrN2OS/c1-7(12)10(15)14-9-6-4-3-5-8(9)13-11(14)16-2/h3-7H,1-2H3. The number of alkyl halides is 1. The van der Waals surface area contributed by atoms with Crippen molar-refractivity contribution in [2.24, 2.45) is 0 Å². The lowest BCUT2D eigenvalue weighted by Crippen LogP contribution is -2.19. The Hall–Kier alpha value is -0.810. The molecule has 0 saturated carbocycles. The van der Waals surface area contributed by atoms with Crippen LogP contribution in [-0.4, -0.2) is 26.5 Å². The van der Waals surface area contributed by atoms with Gasteiger partial charge in [-0.3, -0.25) is 9.36 Å². The van der Waals surface area contributed by atoms with Gasteiger partial charge in [0.05, 0.1) is 15.9 Å². The molecule has 16 heavy (non-hydrogen) atoms. The van der Waals surface area contributed by atoms with Crippen molar-refractivity contribution in [2.75, 3.05) is 6.26 Å². The molecule has 1 heterocycles. The molecular weight excluding hydrogens is 288 g/mol. The van der Waals surface area contributed by atoms with Crippen LogP contribution in [0.2, 0.25) is 0 Å². The number of hydrogen-bond acceptors (Lipinski definition) is 3. The minimum atomic E-state index is -0.212. The summed E-state index contributed by atoms with van der Waals surface area (Å²) < 4.78 is 1.67. The van der Waals surface area contributed by atoms with Crippen LogP contribution in [0.3, 0.4) is 0 Å². The first-order valence-corrected chi connectivity index (χ1v) is 6.99. The molecule has 0 aliphatic rings. The van der Waals surface area contributed by atoms with Crippen molar-refractivity contribution in [1.29, 1.82) is 0 Å². The molecule has 0 amide bonds. The molecule has 3 nitrogen and oxygen atoms in total. The Labute approximate surface area is 106 Å². The molecule has 1 aromatic carbocycles. The number of thioether (sulfide) groups is 1. The van der Waals surface area contributed by atoms with Gasteiger partial charge in [0.25, 0.3) is 0 Å². The summed E-state index contributed by atoms with van der Waals surface area (Å²) in [5.74, 6) is 0.0121. The minimum Gasteiger partial charge on any atom is -0.273 e. The molecular formula is C11H11BrN2OS. The van der Waals surface area contributed by atoms with Gasteiger partial charge >= 0.3 is 0 Å². The Balaban J connectivity index is 2.69. The second kappa shape index (κ2) is 4.59. The van der Waals surface area contributed by atoms with E-state index in [-0.39, 0.29) is 10.7 Å². The summed E-state index contributed by atoms with van der Waals surface area (Å²) in [6.45, 7) is 1.82. The number of hydrogen-bond donors (Lipinski definition) is 0. The normalized spacial score (nSPS) is 12.9. The summed E-state index contributed by atoms with van der Waals surface area (Å²) in [6.07, 6.45) is 1.92. The van der Waals surface area contributed by atoms with Crippen LogP contribution in [0.1, 0.15) is 11.7 Å². The first kappa shape index (κ1) is 11.7. The molecule has 0 radical (unpaired) electrons. The number of halogens is 1. The van der Waals surface area contributed by atoms with E-state index in [2.05, 4.69) is 20.9 Å². The van der Waals surface area contributed by atoms with Crippen LogP contribution in [0.25, 0.3) is 11.0 Å². The zero-order chi connectivity index (χ0) is 11.7. The van der Waals surface area contributed by atoms with Gasteiger partial charge in [-0.05, 0) is 25.3 Å². The van der Waals surface area contributed by atoms with E-state index in [9.17, 15) is 4.79 Å². The largest absolute Gasteiger partial charge is 0.273 e. The lowest BCUT2D eigenvalue weighted by Gasteiger charge is -2.07. The molecule has 0 saturated heterocycles. The molecule has 84 valence electrons. The summed E-state index contributed by atoms with van der Waals surface area (Å²) in [5, 5.41) is 0.734. The van der Waals surface area contributed by atoms with Gasteiger partial charge in [-0.25, -0.2) is 4.98 Å². The average Bonchev–Trinajstić information content (AvgIpc) is 2.66. The van der Waals surface area contributed by atoms with E-state index in [4.69, 9.17) is 0 Å². The summed E-state index contributed by atoms with van der Waals surface area (Å²) in [5.41, 5.74) is 1.72. The summed E-state index contributed by atoms with van der Waals surface area (Å²) in [7, 11) is 0. The number of rotatable bonds is 2. The van der Waals surface area contributed by atoms with Crippen molar-refractivity contribution in [1.82, 2.24) is 9.55 Å². The predicted octanol–water partition coefficient (Wildman–Crippen LogP) is 3.18. The van der Waals surface area contributed by atoms with Gasteiger partial charge in [0.2, 0.25) is 5.91 Å². The van der Waals surface area contributed by atoms with Crippen LogP contribution in [-0.2, 0) is 0 Å². The van der Waals surface area contributed by atoms with E-state index in [1.165, 1.54) is 11.8 Å². The third kappa shape index (κ3) is 1.89. The molecule has 0 bridgehead atoms. The van der Waals surface area contributed by atoms with Gasteiger partial charge < -0.3 is 0 Å². The molecule has 1 unspecified atom stereocenters. The molecule has 2 rings (SSSR count). The smallest absolute Gasteiger partial charge is 0.246 e. The van der Waals surface area contributed by atoms with E-state index >= 15 is 0 Å². The molecule has 2 aromatic rings. The Morgan fingerprint density at radius 2 is 2.19 bits per heavy atom. The highest BCUT2D eigenvalue weighted by molar-refractivity contribution is 9.10. The number of carbonyl (C=O) groups excluding carboxylic acids is 1. The Kier molecular flexibility index (Phi) is 3.35. The van der Waals surface area contributed by atoms with Gasteiger partial charge in [-0.2, -0.15) is 0 Å². The van der Waals surface area contributed by atoms with Crippen molar-refractivity contribution < 1.29 is 4.79 Å². The van der Waals surface area contributed by atoms with Gasteiger partial charge in [-0.15, -0.1) is 0 Å². The zero-order valence-electron chi connectivity index (χ0n) is 8.98. The van der Waals surface area contributed by atoms with E-state index in [1.807, 2.05) is 37.4 Å². The van der Waals surface area contributed by atoms with Crippen LogP contribution in [0.5, 0.6) is 0 Å². The lowest BCUT2D eigenvalue weighted by atomic mass is 10.3. The van der Waals surface area contributed by atoms with Crippen molar-refractivity contribution in [2.45, 2.75) is 16.9 Å². The summed E-state index contributed by atoms with van der Waals surface area (Å²) >= 11 is 4.78. The van der Waals surface area contributed by atoms with E-state index in [0.717, 1.165) is 16.2 Å². The fraction of sp³-hybridized carbons (Fsp3) is 0.273.